The van der Waals surface area contributed by atoms with Crippen LogP contribution in [0, 0.1) is 0 Å². The van der Waals surface area contributed by atoms with Crippen molar-refractivity contribution >= 4 is 21.5 Å². The van der Waals surface area contributed by atoms with Gasteiger partial charge >= 0.3 is 0 Å². The van der Waals surface area contributed by atoms with Crippen LogP contribution in [0.3, 0.4) is 0 Å². The van der Waals surface area contributed by atoms with E-state index in [9.17, 15) is 0 Å². The zero-order valence-corrected chi connectivity index (χ0v) is 23.3. The molecule has 41 heavy (non-hydrogen) atoms. The standard InChI is InChI=1S/C35H30N2O4/c1-38-28-11-7-25-14-16-36-32(30(25)21-28)18-23-4-9-27(10-5-23)41-35-20-24(6-13-34(35)40-3)19-33-31-22-29(39-2)12-8-26(31)15-17-37-33/h4-17,20-22H,18-19H2,1-3H3. The summed E-state index contributed by atoms with van der Waals surface area (Å²) in [6.45, 7) is 0. The first-order chi connectivity index (χ1) is 20.1. The van der Waals surface area contributed by atoms with Gasteiger partial charge in [-0.3, -0.25) is 9.97 Å². The van der Waals surface area contributed by atoms with E-state index in [-0.39, 0.29) is 0 Å². The molecule has 0 amide bonds. The normalized spacial score (nSPS) is 11.0. The minimum absolute atomic E-state index is 0.645. The molecular formula is C35H30N2O4. The number of fused-ring (bicyclic) bond motifs is 2. The van der Waals surface area contributed by atoms with Gasteiger partial charge in [-0.15, -0.1) is 0 Å². The van der Waals surface area contributed by atoms with E-state index in [1.807, 2.05) is 79.1 Å². The molecule has 0 atom stereocenters. The highest BCUT2D eigenvalue weighted by atomic mass is 16.5. The lowest BCUT2D eigenvalue weighted by atomic mass is 10.0. The van der Waals surface area contributed by atoms with E-state index in [0.717, 1.165) is 61.3 Å². The number of nitrogens with zero attached hydrogens (tertiary/aromatic N) is 2. The molecule has 0 radical (unpaired) electrons. The highest BCUT2D eigenvalue weighted by Crippen LogP contribution is 2.34. The lowest BCUT2D eigenvalue weighted by Gasteiger charge is -2.13. The van der Waals surface area contributed by atoms with E-state index >= 15 is 0 Å². The van der Waals surface area contributed by atoms with Gasteiger partial charge in [0.15, 0.2) is 11.5 Å². The first kappa shape index (κ1) is 26.1. The first-order valence-corrected chi connectivity index (χ1v) is 13.4. The smallest absolute Gasteiger partial charge is 0.169 e. The van der Waals surface area contributed by atoms with Gasteiger partial charge in [0.1, 0.15) is 17.2 Å². The Bertz CT molecular complexity index is 1830. The van der Waals surface area contributed by atoms with Gasteiger partial charge in [0.2, 0.25) is 0 Å². The third-order valence-electron chi connectivity index (χ3n) is 7.23. The molecule has 2 heterocycles. The Hall–Kier alpha value is -5.10. The molecule has 0 aliphatic carbocycles. The lowest BCUT2D eigenvalue weighted by Crippen LogP contribution is -1.97. The van der Waals surface area contributed by atoms with Crippen LogP contribution in [0.1, 0.15) is 22.5 Å². The van der Waals surface area contributed by atoms with Crippen LogP contribution in [0.2, 0.25) is 0 Å². The molecule has 0 unspecified atom stereocenters. The predicted octanol–water partition coefficient (Wildman–Crippen LogP) is 7.78. The Morgan fingerprint density at radius 1 is 0.488 bits per heavy atom. The minimum Gasteiger partial charge on any atom is -0.497 e. The van der Waals surface area contributed by atoms with Crippen molar-refractivity contribution in [1.82, 2.24) is 9.97 Å². The molecule has 2 aromatic heterocycles. The van der Waals surface area contributed by atoms with Crippen molar-refractivity contribution in [2.24, 2.45) is 0 Å². The van der Waals surface area contributed by atoms with Gasteiger partial charge in [-0.1, -0.05) is 30.3 Å². The van der Waals surface area contributed by atoms with E-state index in [0.29, 0.717) is 24.3 Å². The Balaban J connectivity index is 1.23. The molecule has 0 N–H and O–H groups in total. The lowest BCUT2D eigenvalue weighted by molar-refractivity contribution is 0.378. The summed E-state index contributed by atoms with van der Waals surface area (Å²) in [5.74, 6) is 3.68. The van der Waals surface area contributed by atoms with Gasteiger partial charge in [0.05, 0.1) is 32.7 Å². The van der Waals surface area contributed by atoms with E-state index in [2.05, 4.69) is 34.2 Å². The van der Waals surface area contributed by atoms with Gasteiger partial charge in [-0.05, 0) is 82.6 Å². The third-order valence-corrected chi connectivity index (χ3v) is 7.23. The summed E-state index contributed by atoms with van der Waals surface area (Å²) in [4.78, 5) is 9.31. The van der Waals surface area contributed by atoms with Crippen LogP contribution in [0.15, 0.2) is 103 Å². The number of hydrogen-bond donors (Lipinski definition) is 0. The zero-order chi connectivity index (χ0) is 28.2. The maximum absolute atomic E-state index is 6.31. The molecule has 4 aromatic carbocycles. The number of methoxy groups -OCH3 is 3. The van der Waals surface area contributed by atoms with Crippen LogP contribution in [-0.4, -0.2) is 31.3 Å². The fourth-order valence-electron chi connectivity index (χ4n) is 5.05. The Kier molecular flexibility index (Phi) is 7.37. The Morgan fingerprint density at radius 2 is 1.02 bits per heavy atom. The molecule has 204 valence electrons. The monoisotopic (exact) mass is 542 g/mol. The van der Waals surface area contributed by atoms with Crippen molar-refractivity contribution in [3.8, 4) is 28.7 Å². The summed E-state index contributed by atoms with van der Waals surface area (Å²) < 4.78 is 22.8. The van der Waals surface area contributed by atoms with Crippen molar-refractivity contribution in [2.45, 2.75) is 12.8 Å². The SMILES string of the molecule is COc1ccc2ccnc(Cc3ccc(Oc4cc(Cc5nccc6ccc(OC)cc56)ccc4OC)cc3)c2c1. The summed E-state index contributed by atoms with van der Waals surface area (Å²) >= 11 is 0. The maximum Gasteiger partial charge on any atom is 0.169 e. The summed E-state index contributed by atoms with van der Waals surface area (Å²) in [6, 6.07) is 30.2. The van der Waals surface area contributed by atoms with Crippen LogP contribution < -0.4 is 18.9 Å². The number of rotatable bonds is 9. The third kappa shape index (κ3) is 5.63. The molecule has 0 saturated carbocycles. The Morgan fingerprint density at radius 3 is 1.59 bits per heavy atom. The van der Waals surface area contributed by atoms with Gasteiger partial charge in [0, 0.05) is 36.0 Å². The van der Waals surface area contributed by atoms with Crippen LogP contribution >= 0.6 is 0 Å². The van der Waals surface area contributed by atoms with Crippen molar-refractivity contribution in [3.05, 3.63) is 126 Å². The fourth-order valence-corrected chi connectivity index (χ4v) is 5.05. The number of aromatic nitrogens is 2. The van der Waals surface area contributed by atoms with Crippen molar-refractivity contribution in [1.29, 1.82) is 0 Å². The van der Waals surface area contributed by atoms with E-state index < -0.39 is 0 Å². The van der Waals surface area contributed by atoms with Crippen molar-refractivity contribution < 1.29 is 18.9 Å². The van der Waals surface area contributed by atoms with Gasteiger partial charge < -0.3 is 18.9 Å². The number of hydrogen-bond acceptors (Lipinski definition) is 6. The summed E-state index contributed by atoms with van der Waals surface area (Å²) in [5, 5.41) is 4.42. The first-order valence-electron chi connectivity index (χ1n) is 13.4. The fraction of sp³-hybridized carbons (Fsp3) is 0.143. The minimum atomic E-state index is 0.645. The number of ether oxygens (including phenoxy) is 4. The molecular weight excluding hydrogens is 512 g/mol. The highest BCUT2D eigenvalue weighted by Gasteiger charge is 2.12. The second kappa shape index (κ2) is 11.6. The topological polar surface area (TPSA) is 62.7 Å². The van der Waals surface area contributed by atoms with E-state index in [1.165, 1.54) is 0 Å². The van der Waals surface area contributed by atoms with Crippen LogP contribution in [-0.2, 0) is 12.8 Å². The van der Waals surface area contributed by atoms with E-state index in [1.54, 1.807) is 21.3 Å². The van der Waals surface area contributed by atoms with Crippen LogP contribution in [0.25, 0.3) is 21.5 Å². The molecule has 0 aliphatic heterocycles. The molecule has 6 nitrogen and oxygen atoms in total. The number of benzene rings is 4. The number of pyridine rings is 2. The van der Waals surface area contributed by atoms with E-state index in [4.69, 9.17) is 18.9 Å². The maximum atomic E-state index is 6.31. The van der Waals surface area contributed by atoms with Crippen molar-refractivity contribution in [2.75, 3.05) is 21.3 Å². The molecule has 0 saturated heterocycles. The average Bonchev–Trinajstić information content (AvgIpc) is 3.02. The Labute approximate surface area is 239 Å². The van der Waals surface area contributed by atoms with Crippen molar-refractivity contribution in [3.63, 3.8) is 0 Å². The summed E-state index contributed by atoms with van der Waals surface area (Å²) in [7, 11) is 5.00. The second-order valence-corrected chi connectivity index (χ2v) is 9.77. The molecule has 6 rings (SSSR count). The largest absolute Gasteiger partial charge is 0.497 e. The van der Waals surface area contributed by atoms with Gasteiger partial charge in [-0.2, -0.15) is 0 Å². The molecule has 0 fully saturated rings. The molecule has 0 bridgehead atoms. The molecule has 6 aromatic rings. The van der Waals surface area contributed by atoms with Crippen LogP contribution in [0.4, 0.5) is 0 Å². The van der Waals surface area contributed by atoms with Crippen LogP contribution in [0.5, 0.6) is 28.7 Å². The summed E-state index contributed by atoms with van der Waals surface area (Å²) in [5.41, 5.74) is 4.18. The molecule has 0 spiro atoms. The van der Waals surface area contributed by atoms with Gasteiger partial charge in [0.25, 0.3) is 0 Å². The van der Waals surface area contributed by atoms with Gasteiger partial charge in [-0.25, -0.2) is 0 Å². The quantitative estimate of drug-likeness (QED) is 0.186. The second-order valence-electron chi connectivity index (χ2n) is 9.77. The molecule has 0 aliphatic rings. The highest BCUT2D eigenvalue weighted by molar-refractivity contribution is 5.87. The zero-order valence-electron chi connectivity index (χ0n) is 23.3. The molecule has 6 heteroatoms. The average molecular weight is 543 g/mol. The predicted molar refractivity (Wildman–Crippen MR) is 162 cm³/mol. The summed E-state index contributed by atoms with van der Waals surface area (Å²) in [6.07, 6.45) is 5.04.